The van der Waals surface area contributed by atoms with Gasteiger partial charge < -0.3 is 14.4 Å². The van der Waals surface area contributed by atoms with Crippen LogP contribution in [0.5, 0.6) is 11.5 Å². The fourth-order valence-corrected chi connectivity index (χ4v) is 4.67. The van der Waals surface area contributed by atoms with Crippen molar-refractivity contribution >= 4 is 11.6 Å². The molecule has 0 saturated carbocycles. The quantitative estimate of drug-likeness (QED) is 0.460. The average molecular weight is 459 g/mol. The second-order valence-corrected chi connectivity index (χ2v) is 9.11. The molecule has 34 heavy (non-hydrogen) atoms. The van der Waals surface area contributed by atoms with Crippen LogP contribution in [-0.4, -0.2) is 44.2 Å². The molecular weight excluding hydrogens is 424 g/mol. The Morgan fingerprint density at radius 1 is 0.882 bits per heavy atom. The van der Waals surface area contributed by atoms with Crippen molar-refractivity contribution in [2.45, 2.75) is 39.3 Å². The second kappa shape index (κ2) is 10.7. The molecule has 1 saturated heterocycles. The van der Waals surface area contributed by atoms with E-state index in [1.165, 1.54) is 11.1 Å². The predicted octanol–water partition coefficient (Wildman–Crippen LogP) is 5.63. The third kappa shape index (κ3) is 5.60. The zero-order chi connectivity index (χ0) is 24.1. The summed E-state index contributed by atoms with van der Waals surface area (Å²) in [4.78, 5) is 18.1. The first-order chi connectivity index (χ1) is 16.5. The standard InChI is InChI=1S/C29H34N2O3/c1-21-8-10-25(11-9-21)31(29(32)24-7-5-6-22(2)16-24)26-12-14-30(15-13-26)20-23-17-27(33-3)19-28(18-23)34-4/h5-11,16-19,26H,12-15,20H2,1-4H3. The summed E-state index contributed by atoms with van der Waals surface area (Å²) >= 11 is 0. The van der Waals surface area contributed by atoms with Gasteiger partial charge in [0.25, 0.3) is 5.91 Å². The molecule has 1 heterocycles. The van der Waals surface area contributed by atoms with Gasteiger partial charge in [0.2, 0.25) is 0 Å². The van der Waals surface area contributed by atoms with Crippen LogP contribution in [0.4, 0.5) is 5.69 Å². The number of nitrogens with zero attached hydrogens (tertiary/aromatic N) is 2. The number of rotatable bonds is 7. The summed E-state index contributed by atoms with van der Waals surface area (Å²) in [5.74, 6) is 1.68. The van der Waals surface area contributed by atoms with Gasteiger partial charge in [0.05, 0.1) is 14.2 Å². The van der Waals surface area contributed by atoms with E-state index in [9.17, 15) is 4.79 Å². The van der Waals surface area contributed by atoms with Crippen molar-refractivity contribution < 1.29 is 14.3 Å². The van der Waals surface area contributed by atoms with Crippen LogP contribution in [0.3, 0.4) is 0 Å². The van der Waals surface area contributed by atoms with Gasteiger partial charge in [-0.1, -0.05) is 35.4 Å². The zero-order valence-electron chi connectivity index (χ0n) is 20.6. The molecule has 1 aliphatic heterocycles. The van der Waals surface area contributed by atoms with Crippen molar-refractivity contribution in [3.63, 3.8) is 0 Å². The maximum absolute atomic E-state index is 13.7. The molecule has 1 fully saturated rings. The summed E-state index contributed by atoms with van der Waals surface area (Å²) in [6, 6.07) is 22.4. The molecule has 178 valence electrons. The van der Waals surface area contributed by atoms with Crippen molar-refractivity contribution in [1.82, 2.24) is 4.90 Å². The molecule has 1 amide bonds. The molecular formula is C29H34N2O3. The van der Waals surface area contributed by atoms with E-state index in [4.69, 9.17) is 9.47 Å². The number of amides is 1. The van der Waals surface area contributed by atoms with E-state index in [2.05, 4.69) is 48.2 Å². The molecule has 5 nitrogen and oxygen atoms in total. The van der Waals surface area contributed by atoms with E-state index in [1.807, 2.05) is 42.2 Å². The summed E-state index contributed by atoms with van der Waals surface area (Å²) in [5, 5.41) is 0. The molecule has 4 rings (SSSR count). The number of methoxy groups -OCH3 is 2. The summed E-state index contributed by atoms with van der Waals surface area (Å²) in [5.41, 5.74) is 5.16. The number of hydrogen-bond acceptors (Lipinski definition) is 4. The van der Waals surface area contributed by atoms with E-state index >= 15 is 0 Å². The Bertz CT molecular complexity index is 1100. The Hall–Kier alpha value is -3.31. The highest BCUT2D eigenvalue weighted by molar-refractivity contribution is 6.06. The molecule has 0 aliphatic carbocycles. The normalized spacial score (nSPS) is 14.6. The summed E-state index contributed by atoms with van der Waals surface area (Å²) in [6.45, 7) is 6.78. The van der Waals surface area contributed by atoms with E-state index in [0.29, 0.717) is 0 Å². The number of piperidine rings is 1. The van der Waals surface area contributed by atoms with Gasteiger partial charge in [-0.2, -0.15) is 0 Å². The highest BCUT2D eigenvalue weighted by atomic mass is 16.5. The molecule has 0 spiro atoms. The van der Waals surface area contributed by atoms with Crippen LogP contribution >= 0.6 is 0 Å². The SMILES string of the molecule is COc1cc(CN2CCC(N(C(=O)c3cccc(C)c3)c3ccc(C)cc3)CC2)cc(OC)c1. The van der Waals surface area contributed by atoms with Gasteiger partial charge in [0.15, 0.2) is 0 Å². The number of carbonyl (C=O) groups excluding carboxylic acids is 1. The number of carbonyl (C=O) groups is 1. The highest BCUT2D eigenvalue weighted by Gasteiger charge is 2.30. The Morgan fingerprint density at radius 2 is 1.53 bits per heavy atom. The maximum atomic E-state index is 13.7. The molecule has 0 aromatic heterocycles. The van der Waals surface area contributed by atoms with Crippen molar-refractivity contribution in [2.24, 2.45) is 0 Å². The lowest BCUT2D eigenvalue weighted by molar-refractivity contribution is 0.0958. The van der Waals surface area contributed by atoms with Gasteiger partial charge in [0, 0.05) is 43.0 Å². The molecule has 1 aliphatic rings. The van der Waals surface area contributed by atoms with Gasteiger partial charge >= 0.3 is 0 Å². The number of aryl methyl sites for hydroxylation is 2. The highest BCUT2D eigenvalue weighted by Crippen LogP contribution is 2.28. The van der Waals surface area contributed by atoms with Crippen LogP contribution in [0.1, 0.15) is 39.9 Å². The summed E-state index contributed by atoms with van der Waals surface area (Å²) < 4.78 is 10.9. The Kier molecular flexibility index (Phi) is 7.53. The molecule has 0 bridgehead atoms. The van der Waals surface area contributed by atoms with Crippen LogP contribution in [-0.2, 0) is 6.54 Å². The molecule has 3 aromatic rings. The molecule has 0 radical (unpaired) electrons. The van der Waals surface area contributed by atoms with Crippen LogP contribution in [0.15, 0.2) is 66.7 Å². The van der Waals surface area contributed by atoms with Gasteiger partial charge in [-0.05, 0) is 68.7 Å². The van der Waals surface area contributed by atoms with Crippen LogP contribution in [0.2, 0.25) is 0 Å². The summed E-state index contributed by atoms with van der Waals surface area (Å²) in [6.07, 6.45) is 1.85. The Morgan fingerprint density at radius 3 is 2.12 bits per heavy atom. The first kappa shape index (κ1) is 23.8. The predicted molar refractivity (Wildman–Crippen MR) is 137 cm³/mol. The second-order valence-electron chi connectivity index (χ2n) is 9.11. The molecule has 0 unspecified atom stereocenters. The minimum Gasteiger partial charge on any atom is -0.497 e. The minimum atomic E-state index is 0.0727. The largest absolute Gasteiger partial charge is 0.497 e. The third-order valence-corrected chi connectivity index (χ3v) is 6.54. The first-order valence-electron chi connectivity index (χ1n) is 11.9. The smallest absolute Gasteiger partial charge is 0.258 e. The van der Waals surface area contributed by atoms with Gasteiger partial charge in [-0.3, -0.25) is 9.69 Å². The molecule has 3 aromatic carbocycles. The minimum absolute atomic E-state index is 0.0727. The van der Waals surface area contributed by atoms with Gasteiger partial charge in [-0.25, -0.2) is 0 Å². The van der Waals surface area contributed by atoms with Crippen LogP contribution in [0, 0.1) is 13.8 Å². The van der Waals surface area contributed by atoms with Gasteiger partial charge in [0.1, 0.15) is 11.5 Å². The Labute approximate surface area is 202 Å². The Balaban J connectivity index is 1.51. The lowest BCUT2D eigenvalue weighted by Crippen LogP contribution is -2.47. The van der Waals surface area contributed by atoms with E-state index < -0.39 is 0 Å². The van der Waals surface area contributed by atoms with Crippen LogP contribution < -0.4 is 14.4 Å². The average Bonchev–Trinajstić information content (AvgIpc) is 2.86. The molecule has 5 heteroatoms. The van der Waals surface area contributed by atoms with Crippen molar-refractivity contribution in [3.05, 3.63) is 89.0 Å². The number of hydrogen-bond donors (Lipinski definition) is 0. The van der Waals surface area contributed by atoms with E-state index in [-0.39, 0.29) is 11.9 Å². The molecule has 0 N–H and O–H groups in total. The fourth-order valence-electron chi connectivity index (χ4n) is 4.67. The number of likely N-dealkylation sites (tertiary alicyclic amines) is 1. The maximum Gasteiger partial charge on any atom is 0.258 e. The lowest BCUT2D eigenvalue weighted by Gasteiger charge is -2.39. The van der Waals surface area contributed by atoms with Crippen molar-refractivity contribution in [2.75, 3.05) is 32.2 Å². The van der Waals surface area contributed by atoms with Crippen molar-refractivity contribution in [1.29, 1.82) is 0 Å². The number of benzene rings is 3. The third-order valence-electron chi connectivity index (χ3n) is 6.54. The van der Waals surface area contributed by atoms with E-state index in [1.54, 1.807) is 14.2 Å². The number of anilines is 1. The van der Waals surface area contributed by atoms with Gasteiger partial charge in [-0.15, -0.1) is 0 Å². The number of ether oxygens (including phenoxy) is 2. The molecule has 0 atom stereocenters. The van der Waals surface area contributed by atoms with E-state index in [0.717, 1.165) is 60.8 Å². The monoisotopic (exact) mass is 458 g/mol. The topological polar surface area (TPSA) is 42.0 Å². The fraction of sp³-hybridized carbons (Fsp3) is 0.345. The van der Waals surface area contributed by atoms with Crippen molar-refractivity contribution in [3.8, 4) is 11.5 Å². The zero-order valence-corrected chi connectivity index (χ0v) is 20.6. The lowest BCUT2D eigenvalue weighted by atomic mass is 9.99. The van der Waals surface area contributed by atoms with Crippen LogP contribution in [0.25, 0.3) is 0 Å². The first-order valence-corrected chi connectivity index (χ1v) is 11.9. The summed E-state index contributed by atoms with van der Waals surface area (Å²) in [7, 11) is 3.35.